The fourth-order valence-corrected chi connectivity index (χ4v) is 1.66. The summed E-state index contributed by atoms with van der Waals surface area (Å²) in [4.78, 5) is 0. The summed E-state index contributed by atoms with van der Waals surface area (Å²) >= 11 is 0. The van der Waals surface area contributed by atoms with Gasteiger partial charge in [-0.2, -0.15) is 57.1 Å². The number of unbranched alkanes of at least 4 members (excludes halogenated alkanes) is 4. The van der Waals surface area contributed by atoms with E-state index in [9.17, 15) is 57.1 Å². The molecule has 0 bridgehead atoms. The molecule has 160 valence electrons. The molecule has 0 spiro atoms. The lowest BCUT2D eigenvalue weighted by Crippen LogP contribution is -2.69. The smallest absolute Gasteiger partial charge is 0.192 e. The Morgan fingerprint density at radius 2 is 1.00 bits per heavy atom. The minimum Gasteiger partial charge on any atom is -0.192 e. The predicted molar refractivity (Wildman–Crippen MR) is 67.3 cm³/mol. The summed E-state index contributed by atoms with van der Waals surface area (Å²) in [7, 11) is 0. The summed E-state index contributed by atoms with van der Waals surface area (Å²) in [5.74, 6) is -35.4. The Morgan fingerprint density at radius 1 is 0.556 bits per heavy atom. The Balaban J connectivity index is 5.79. The lowest BCUT2D eigenvalue weighted by molar-refractivity contribution is -0.435. The zero-order valence-electron chi connectivity index (χ0n) is 13.4. The van der Waals surface area contributed by atoms with Crippen LogP contribution in [0.2, 0.25) is 0 Å². The highest BCUT2D eigenvalue weighted by Gasteiger charge is 2.90. The van der Waals surface area contributed by atoms with Gasteiger partial charge in [0, 0.05) is 6.42 Å². The number of hydrogen-bond acceptors (Lipinski definition) is 0. The summed E-state index contributed by atoms with van der Waals surface area (Å²) in [6, 6.07) is 0. The van der Waals surface area contributed by atoms with Gasteiger partial charge in [0.25, 0.3) is 0 Å². The molecular formula is C14H13F13. The number of rotatable bonds is 8. The molecular weight excluding hydrogens is 415 g/mol. The van der Waals surface area contributed by atoms with Crippen LogP contribution in [0.5, 0.6) is 0 Å². The minimum atomic E-state index is -7.88. The van der Waals surface area contributed by atoms with E-state index in [1.165, 1.54) is 5.92 Å². The molecule has 0 aromatic carbocycles. The normalized spacial score (nSPS) is 14.7. The lowest BCUT2D eigenvalue weighted by atomic mass is 9.94. The highest BCUT2D eigenvalue weighted by molar-refractivity contribution is 5.20. The van der Waals surface area contributed by atoms with Gasteiger partial charge in [-0.1, -0.05) is 32.1 Å². The van der Waals surface area contributed by atoms with Crippen LogP contribution in [-0.4, -0.2) is 35.8 Å². The third-order valence-corrected chi connectivity index (χ3v) is 3.33. The molecule has 0 nitrogen and oxygen atoms in total. The third kappa shape index (κ3) is 4.56. The fourth-order valence-electron chi connectivity index (χ4n) is 1.66. The largest absolute Gasteiger partial charge is 0.460 e. The highest BCUT2D eigenvalue weighted by atomic mass is 19.4. The van der Waals surface area contributed by atoms with E-state index in [1.54, 1.807) is 6.92 Å². The van der Waals surface area contributed by atoms with E-state index in [0.29, 0.717) is 19.3 Å². The summed E-state index contributed by atoms with van der Waals surface area (Å²) < 4.78 is 166. The van der Waals surface area contributed by atoms with E-state index in [-0.39, 0.29) is 12.3 Å². The topological polar surface area (TPSA) is 0 Å². The van der Waals surface area contributed by atoms with Crippen molar-refractivity contribution in [2.24, 2.45) is 0 Å². The van der Waals surface area contributed by atoms with Crippen LogP contribution in [0.1, 0.15) is 39.0 Å². The van der Waals surface area contributed by atoms with Crippen molar-refractivity contribution in [2.45, 2.75) is 74.8 Å². The van der Waals surface area contributed by atoms with E-state index in [2.05, 4.69) is 0 Å². The molecule has 0 radical (unpaired) electrons. The van der Waals surface area contributed by atoms with Gasteiger partial charge in [-0.25, -0.2) is 0 Å². The van der Waals surface area contributed by atoms with Gasteiger partial charge in [0.2, 0.25) is 0 Å². The highest BCUT2D eigenvalue weighted by Crippen LogP contribution is 2.60. The first-order valence-electron chi connectivity index (χ1n) is 7.27. The lowest BCUT2D eigenvalue weighted by Gasteiger charge is -2.38. The van der Waals surface area contributed by atoms with Gasteiger partial charge in [-0.3, -0.25) is 0 Å². The fraction of sp³-hybridized carbons (Fsp3) is 0.857. The Labute approximate surface area is 145 Å². The van der Waals surface area contributed by atoms with Gasteiger partial charge in [0.05, 0.1) is 0 Å². The van der Waals surface area contributed by atoms with Gasteiger partial charge < -0.3 is 0 Å². The van der Waals surface area contributed by atoms with Crippen LogP contribution in [0.25, 0.3) is 0 Å². The third-order valence-electron chi connectivity index (χ3n) is 3.33. The van der Waals surface area contributed by atoms with Crippen LogP contribution in [0, 0.1) is 11.8 Å². The second-order valence-corrected chi connectivity index (χ2v) is 5.48. The van der Waals surface area contributed by atoms with E-state index < -0.39 is 42.2 Å². The summed E-state index contributed by atoms with van der Waals surface area (Å²) in [5, 5.41) is 0. The predicted octanol–water partition coefficient (Wildman–Crippen LogP) is 6.70. The van der Waals surface area contributed by atoms with Crippen molar-refractivity contribution < 1.29 is 57.1 Å². The zero-order valence-corrected chi connectivity index (χ0v) is 13.4. The molecule has 0 N–H and O–H groups in total. The molecule has 0 rings (SSSR count). The van der Waals surface area contributed by atoms with E-state index >= 15 is 0 Å². The first kappa shape index (κ1) is 25.6. The molecule has 0 aliphatic carbocycles. The van der Waals surface area contributed by atoms with Crippen LogP contribution in [0.15, 0.2) is 0 Å². The van der Waals surface area contributed by atoms with E-state index in [1.807, 2.05) is 0 Å². The maximum absolute atomic E-state index is 13.2. The Kier molecular flexibility index (Phi) is 7.55. The van der Waals surface area contributed by atoms with Gasteiger partial charge in [-0.15, -0.1) is 0 Å². The number of alkyl halides is 13. The molecule has 13 heteroatoms. The van der Waals surface area contributed by atoms with Crippen molar-refractivity contribution in [1.82, 2.24) is 0 Å². The quantitative estimate of drug-likeness (QED) is 0.229. The van der Waals surface area contributed by atoms with E-state index in [0.717, 1.165) is 0 Å². The molecule has 0 aliphatic heterocycles. The molecule has 0 amide bonds. The number of hydrogen-bond donors (Lipinski definition) is 0. The maximum Gasteiger partial charge on any atom is 0.460 e. The minimum absolute atomic E-state index is 0.0567. The van der Waals surface area contributed by atoms with Gasteiger partial charge in [0.15, 0.2) is 0 Å². The molecule has 0 aromatic heterocycles. The van der Waals surface area contributed by atoms with Crippen molar-refractivity contribution in [1.29, 1.82) is 0 Å². The molecule has 0 fully saturated rings. The average Bonchev–Trinajstić information content (AvgIpc) is 2.48. The van der Waals surface area contributed by atoms with Crippen LogP contribution >= 0.6 is 0 Å². The average molecular weight is 428 g/mol. The van der Waals surface area contributed by atoms with Crippen molar-refractivity contribution >= 4 is 0 Å². The Bertz CT molecular complexity index is 548. The molecule has 0 saturated heterocycles. The molecule has 0 unspecified atom stereocenters. The summed E-state index contributed by atoms with van der Waals surface area (Å²) in [5.41, 5.74) is 0. The number of halogens is 13. The molecule has 0 aromatic rings. The van der Waals surface area contributed by atoms with Crippen molar-refractivity contribution in [3.05, 3.63) is 0 Å². The van der Waals surface area contributed by atoms with Crippen LogP contribution < -0.4 is 0 Å². The van der Waals surface area contributed by atoms with Crippen LogP contribution in [0.3, 0.4) is 0 Å². The standard InChI is InChI=1S/C14H13F13/c1-2-3-4-5-6-7-8-9(15,16)10(17,18)11(19,20)12(21,22)13(23,24)14(25,26)27/h2-6H2,1H3. The first-order chi connectivity index (χ1) is 11.8. The maximum atomic E-state index is 13.2. The SMILES string of the molecule is CCCCCCC#CC(F)(F)C(F)(F)C(F)(F)C(F)(F)C(F)(F)C(F)(F)F. The van der Waals surface area contributed by atoms with Crippen molar-refractivity contribution in [3.63, 3.8) is 0 Å². The zero-order chi connectivity index (χ0) is 21.9. The van der Waals surface area contributed by atoms with E-state index in [4.69, 9.17) is 0 Å². The molecule has 0 atom stereocenters. The second kappa shape index (κ2) is 7.95. The molecule has 27 heavy (non-hydrogen) atoms. The van der Waals surface area contributed by atoms with Gasteiger partial charge in [0.1, 0.15) is 0 Å². The molecule has 0 saturated carbocycles. The van der Waals surface area contributed by atoms with Gasteiger partial charge in [-0.05, 0) is 12.3 Å². The Morgan fingerprint density at radius 3 is 1.41 bits per heavy atom. The van der Waals surface area contributed by atoms with Gasteiger partial charge >= 0.3 is 35.8 Å². The second-order valence-electron chi connectivity index (χ2n) is 5.48. The summed E-state index contributed by atoms with van der Waals surface area (Å²) in [6.45, 7) is 1.75. The monoisotopic (exact) mass is 428 g/mol. The van der Waals surface area contributed by atoms with Crippen molar-refractivity contribution in [2.75, 3.05) is 0 Å². The van der Waals surface area contributed by atoms with Crippen LogP contribution in [-0.2, 0) is 0 Å². The first-order valence-corrected chi connectivity index (χ1v) is 7.27. The van der Waals surface area contributed by atoms with Crippen molar-refractivity contribution in [3.8, 4) is 11.8 Å². The summed E-state index contributed by atoms with van der Waals surface area (Å²) in [6.07, 6.45) is -6.23. The molecule has 0 heterocycles. The molecule has 0 aliphatic rings. The Hall–Kier alpha value is -1.35. The van der Waals surface area contributed by atoms with Crippen LogP contribution in [0.4, 0.5) is 57.1 Å².